The number of carbonyl (C=O) groups excluding carboxylic acids is 1. The van der Waals surface area contributed by atoms with E-state index in [-0.39, 0.29) is 5.91 Å². The van der Waals surface area contributed by atoms with Crippen LogP contribution in [0.3, 0.4) is 0 Å². The molecule has 0 aliphatic carbocycles. The summed E-state index contributed by atoms with van der Waals surface area (Å²) in [7, 11) is 1.73. The van der Waals surface area contributed by atoms with Crippen molar-refractivity contribution < 1.29 is 9.53 Å². The van der Waals surface area contributed by atoms with Crippen LogP contribution in [0.4, 0.5) is 0 Å². The molecule has 0 radical (unpaired) electrons. The Hall–Kier alpha value is -3.22. The Morgan fingerprint density at radius 3 is 2.76 bits per heavy atom. The Bertz CT molecular complexity index is 983. The fourth-order valence-electron chi connectivity index (χ4n) is 3.65. The molecule has 1 aliphatic rings. The summed E-state index contributed by atoms with van der Waals surface area (Å²) in [4.78, 5) is 16.3. The van der Waals surface area contributed by atoms with Crippen molar-refractivity contribution in [3.8, 4) is 17.1 Å². The van der Waals surface area contributed by atoms with Gasteiger partial charge in [0.25, 0.3) is 5.91 Å². The van der Waals surface area contributed by atoms with Gasteiger partial charge in [-0.25, -0.2) is 0 Å². The van der Waals surface area contributed by atoms with Gasteiger partial charge in [-0.05, 0) is 54.8 Å². The van der Waals surface area contributed by atoms with Crippen LogP contribution in [0.1, 0.15) is 28.8 Å². The molecule has 1 atom stereocenters. The van der Waals surface area contributed by atoms with Crippen molar-refractivity contribution in [1.82, 2.24) is 25.1 Å². The van der Waals surface area contributed by atoms with E-state index in [1.807, 2.05) is 47.4 Å². The van der Waals surface area contributed by atoms with Crippen LogP contribution in [0.2, 0.25) is 0 Å². The van der Waals surface area contributed by atoms with Crippen molar-refractivity contribution in [2.24, 2.45) is 13.0 Å². The number of benzene rings is 2. The van der Waals surface area contributed by atoms with Crippen LogP contribution in [0.25, 0.3) is 11.4 Å². The number of hydrogen-bond acceptors (Lipinski definition) is 5. The largest absolute Gasteiger partial charge is 0.493 e. The Balaban J connectivity index is 1.36. The molecule has 1 unspecified atom stereocenters. The number of tetrazole rings is 1. The van der Waals surface area contributed by atoms with E-state index >= 15 is 0 Å². The predicted molar refractivity (Wildman–Crippen MR) is 110 cm³/mol. The molecular weight excluding hydrogens is 366 g/mol. The summed E-state index contributed by atoms with van der Waals surface area (Å²) in [6.45, 7) is 4.19. The zero-order chi connectivity index (χ0) is 20.2. The molecule has 0 N–H and O–H groups in total. The number of ether oxygens (including phenoxy) is 1. The smallest absolute Gasteiger partial charge is 0.253 e. The van der Waals surface area contributed by atoms with Gasteiger partial charge in [-0.3, -0.25) is 4.79 Å². The molecule has 1 saturated heterocycles. The lowest BCUT2D eigenvalue weighted by Crippen LogP contribution is -2.41. The molecule has 1 amide bonds. The summed E-state index contributed by atoms with van der Waals surface area (Å²) in [6.07, 6.45) is 2.07. The van der Waals surface area contributed by atoms with Crippen molar-refractivity contribution in [1.29, 1.82) is 0 Å². The average Bonchev–Trinajstić information content (AvgIpc) is 3.18. The monoisotopic (exact) mass is 391 g/mol. The summed E-state index contributed by atoms with van der Waals surface area (Å²) < 4.78 is 5.97. The number of likely N-dealkylation sites (tertiary alicyclic amines) is 1. The fourth-order valence-corrected chi connectivity index (χ4v) is 3.65. The maximum atomic E-state index is 13.0. The first-order valence-corrected chi connectivity index (χ1v) is 9.91. The van der Waals surface area contributed by atoms with Gasteiger partial charge in [0.05, 0.1) is 13.7 Å². The number of aromatic nitrogens is 4. The van der Waals surface area contributed by atoms with Gasteiger partial charge < -0.3 is 9.64 Å². The third-order valence-electron chi connectivity index (χ3n) is 5.18. The van der Waals surface area contributed by atoms with Crippen molar-refractivity contribution in [3.63, 3.8) is 0 Å². The minimum Gasteiger partial charge on any atom is -0.493 e. The van der Waals surface area contributed by atoms with E-state index in [0.29, 0.717) is 23.9 Å². The van der Waals surface area contributed by atoms with Crippen molar-refractivity contribution >= 4 is 5.91 Å². The predicted octanol–water partition coefficient (Wildman–Crippen LogP) is 3.12. The van der Waals surface area contributed by atoms with Gasteiger partial charge in [0.2, 0.25) is 5.82 Å². The second-order valence-electron chi connectivity index (χ2n) is 7.57. The van der Waals surface area contributed by atoms with Crippen LogP contribution in [0.15, 0.2) is 48.5 Å². The molecule has 150 valence electrons. The molecule has 7 heteroatoms. The Labute approximate surface area is 170 Å². The summed E-state index contributed by atoms with van der Waals surface area (Å²) in [5.74, 6) is 1.85. The van der Waals surface area contributed by atoms with Gasteiger partial charge in [0, 0.05) is 30.1 Å². The standard InChI is InChI=1S/C22H25N5O2/c1-16-5-3-7-20(13-16)29-15-17-6-4-12-27(14-17)22(28)19-10-8-18(9-11-19)21-23-25-26(2)24-21/h3,5,7-11,13,17H,4,6,12,14-15H2,1-2H3. The Morgan fingerprint density at radius 1 is 1.21 bits per heavy atom. The third kappa shape index (κ3) is 4.62. The first-order chi connectivity index (χ1) is 14.1. The van der Waals surface area contributed by atoms with Gasteiger partial charge in [-0.1, -0.05) is 24.3 Å². The molecule has 0 spiro atoms. The maximum absolute atomic E-state index is 13.0. The van der Waals surface area contributed by atoms with Crippen molar-refractivity contribution in [3.05, 3.63) is 59.7 Å². The van der Waals surface area contributed by atoms with E-state index in [0.717, 1.165) is 37.2 Å². The molecule has 3 aromatic rings. The lowest BCUT2D eigenvalue weighted by atomic mass is 9.98. The number of hydrogen-bond donors (Lipinski definition) is 0. The molecule has 1 aliphatic heterocycles. The van der Waals surface area contributed by atoms with E-state index in [9.17, 15) is 4.79 Å². The molecular formula is C22H25N5O2. The van der Waals surface area contributed by atoms with Crippen LogP contribution in [-0.2, 0) is 7.05 Å². The zero-order valence-corrected chi connectivity index (χ0v) is 16.8. The van der Waals surface area contributed by atoms with E-state index in [2.05, 4.69) is 28.4 Å². The molecule has 4 rings (SSSR count). The van der Waals surface area contributed by atoms with Crippen LogP contribution < -0.4 is 4.74 Å². The van der Waals surface area contributed by atoms with E-state index in [1.165, 1.54) is 10.4 Å². The van der Waals surface area contributed by atoms with Gasteiger partial charge in [-0.2, -0.15) is 4.80 Å². The molecule has 0 bridgehead atoms. The molecule has 0 saturated carbocycles. The normalized spacial score (nSPS) is 16.6. The van der Waals surface area contributed by atoms with Gasteiger partial charge in [-0.15, -0.1) is 10.2 Å². The van der Waals surface area contributed by atoms with Gasteiger partial charge >= 0.3 is 0 Å². The molecule has 1 aromatic heterocycles. The SMILES string of the molecule is Cc1cccc(OCC2CCCN(C(=O)c3ccc(-c4nnn(C)n4)cc3)C2)c1. The van der Waals surface area contributed by atoms with Gasteiger partial charge in [0.1, 0.15) is 5.75 Å². The number of carbonyl (C=O) groups is 1. The highest BCUT2D eigenvalue weighted by atomic mass is 16.5. The number of piperidine rings is 1. The van der Waals surface area contributed by atoms with E-state index in [4.69, 9.17) is 4.74 Å². The minimum absolute atomic E-state index is 0.0592. The van der Waals surface area contributed by atoms with Crippen LogP contribution in [-0.4, -0.2) is 50.7 Å². The highest BCUT2D eigenvalue weighted by Gasteiger charge is 2.25. The van der Waals surface area contributed by atoms with Crippen LogP contribution in [0.5, 0.6) is 5.75 Å². The summed E-state index contributed by atoms with van der Waals surface area (Å²) in [5, 5.41) is 12.0. The topological polar surface area (TPSA) is 73.1 Å². The molecule has 1 fully saturated rings. The van der Waals surface area contributed by atoms with Crippen molar-refractivity contribution in [2.45, 2.75) is 19.8 Å². The number of amides is 1. The quantitative estimate of drug-likeness (QED) is 0.668. The minimum atomic E-state index is 0.0592. The number of rotatable bonds is 5. The first kappa shape index (κ1) is 19.1. The van der Waals surface area contributed by atoms with E-state index < -0.39 is 0 Å². The van der Waals surface area contributed by atoms with E-state index in [1.54, 1.807) is 7.05 Å². The molecule has 7 nitrogen and oxygen atoms in total. The molecule has 2 heterocycles. The number of aryl methyl sites for hydroxylation is 2. The second-order valence-corrected chi connectivity index (χ2v) is 7.57. The zero-order valence-electron chi connectivity index (χ0n) is 16.8. The number of nitrogens with zero attached hydrogens (tertiary/aromatic N) is 5. The first-order valence-electron chi connectivity index (χ1n) is 9.91. The Kier molecular flexibility index (Phi) is 5.55. The van der Waals surface area contributed by atoms with Crippen LogP contribution >= 0.6 is 0 Å². The molecule has 2 aromatic carbocycles. The highest BCUT2D eigenvalue weighted by molar-refractivity contribution is 5.94. The third-order valence-corrected chi connectivity index (χ3v) is 5.18. The fraction of sp³-hybridized carbons (Fsp3) is 0.364. The molecule has 29 heavy (non-hydrogen) atoms. The second kappa shape index (κ2) is 8.43. The Morgan fingerprint density at radius 2 is 2.03 bits per heavy atom. The highest BCUT2D eigenvalue weighted by Crippen LogP contribution is 2.22. The lowest BCUT2D eigenvalue weighted by molar-refractivity contribution is 0.0633. The summed E-state index contributed by atoms with van der Waals surface area (Å²) >= 11 is 0. The van der Waals surface area contributed by atoms with Gasteiger partial charge in [0.15, 0.2) is 0 Å². The summed E-state index contributed by atoms with van der Waals surface area (Å²) in [6, 6.07) is 15.5. The maximum Gasteiger partial charge on any atom is 0.253 e. The summed E-state index contributed by atoms with van der Waals surface area (Å²) in [5.41, 5.74) is 2.71. The van der Waals surface area contributed by atoms with Crippen LogP contribution in [0, 0.1) is 12.8 Å². The average molecular weight is 391 g/mol. The lowest BCUT2D eigenvalue weighted by Gasteiger charge is -2.32. The van der Waals surface area contributed by atoms with Crippen molar-refractivity contribution in [2.75, 3.05) is 19.7 Å².